The van der Waals surface area contributed by atoms with Gasteiger partial charge in [-0.2, -0.15) is 17.0 Å². The van der Waals surface area contributed by atoms with Gasteiger partial charge >= 0.3 is 0 Å². The molecule has 0 radical (unpaired) electrons. The lowest BCUT2D eigenvalue weighted by Crippen LogP contribution is -2.55. The normalized spacial score (nSPS) is 19.6. The summed E-state index contributed by atoms with van der Waals surface area (Å²) in [6.07, 6.45) is -0.715. The number of aliphatic hydroxyl groups is 1. The van der Waals surface area contributed by atoms with Crippen LogP contribution in [0.4, 0.5) is 0 Å². The van der Waals surface area contributed by atoms with Crippen molar-refractivity contribution in [3.05, 3.63) is 65.7 Å². The van der Waals surface area contributed by atoms with Crippen LogP contribution in [0.5, 0.6) is 5.75 Å². The van der Waals surface area contributed by atoms with Crippen molar-refractivity contribution in [2.24, 2.45) is 0 Å². The summed E-state index contributed by atoms with van der Waals surface area (Å²) in [5, 5.41) is 10.4. The van der Waals surface area contributed by atoms with E-state index in [0.29, 0.717) is 75.9 Å². The number of piperazine rings is 1. The van der Waals surface area contributed by atoms with E-state index < -0.39 is 16.3 Å². The Morgan fingerprint density at radius 1 is 0.882 bits per heavy atom. The summed E-state index contributed by atoms with van der Waals surface area (Å²) in [5.74, 6) is 0.520. The maximum Gasteiger partial charge on any atom is 0.282 e. The monoisotopic (exact) mass is 489 g/mol. The van der Waals surface area contributed by atoms with Crippen LogP contribution in [0.2, 0.25) is 0 Å². The van der Waals surface area contributed by atoms with E-state index in [1.54, 1.807) is 36.4 Å². The molecule has 0 aromatic heterocycles. The Hall–Kier alpha value is -2.34. The number of nitrogens with zero attached hydrogens (tertiary/aromatic N) is 3. The van der Waals surface area contributed by atoms with Crippen molar-refractivity contribution in [2.45, 2.75) is 6.10 Å². The van der Waals surface area contributed by atoms with Gasteiger partial charge in [0.15, 0.2) is 5.78 Å². The Labute approximate surface area is 200 Å². The van der Waals surface area contributed by atoms with E-state index in [2.05, 4.69) is 0 Å². The predicted molar refractivity (Wildman–Crippen MR) is 127 cm³/mol. The average Bonchev–Trinajstić information content (AvgIpc) is 2.89. The van der Waals surface area contributed by atoms with Crippen molar-refractivity contribution in [3.8, 4) is 5.75 Å². The Morgan fingerprint density at radius 2 is 1.47 bits per heavy atom. The molecule has 34 heavy (non-hydrogen) atoms. The van der Waals surface area contributed by atoms with Crippen molar-refractivity contribution in [3.63, 3.8) is 0 Å². The first-order valence-electron chi connectivity index (χ1n) is 11.5. The molecule has 4 rings (SSSR count). The lowest BCUT2D eigenvalue weighted by molar-refractivity contribution is 0.0525. The van der Waals surface area contributed by atoms with Crippen molar-refractivity contribution in [2.75, 3.05) is 65.6 Å². The van der Waals surface area contributed by atoms with Crippen LogP contribution in [0.1, 0.15) is 15.9 Å². The summed E-state index contributed by atoms with van der Waals surface area (Å²) in [5.41, 5.74) is 1.20. The van der Waals surface area contributed by atoms with Crippen LogP contribution < -0.4 is 4.74 Å². The van der Waals surface area contributed by atoms with Crippen molar-refractivity contribution >= 4 is 16.0 Å². The highest BCUT2D eigenvalue weighted by Gasteiger charge is 2.33. The van der Waals surface area contributed by atoms with Gasteiger partial charge in [0.05, 0.1) is 13.2 Å². The Kier molecular flexibility index (Phi) is 8.30. The largest absolute Gasteiger partial charge is 0.491 e. The summed E-state index contributed by atoms with van der Waals surface area (Å²) < 4.78 is 39.5. The number of rotatable bonds is 9. The van der Waals surface area contributed by atoms with Gasteiger partial charge in [-0.1, -0.05) is 30.3 Å². The minimum Gasteiger partial charge on any atom is -0.491 e. The lowest BCUT2D eigenvalue weighted by atomic mass is 10.0. The fourth-order valence-electron chi connectivity index (χ4n) is 4.09. The Bertz CT molecular complexity index is 1030. The molecular formula is C24H31N3O6S. The molecule has 1 atom stereocenters. The van der Waals surface area contributed by atoms with E-state index in [9.17, 15) is 18.3 Å². The number of carbonyl (C=O) groups excluding carboxylic acids is 1. The molecule has 184 valence electrons. The highest BCUT2D eigenvalue weighted by molar-refractivity contribution is 7.86. The molecule has 0 saturated carbocycles. The summed E-state index contributed by atoms with van der Waals surface area (Å²) in [6, 6.07) is 15.9. The van der Waals surface area contributed by atoms with Crippen LogP contribution >= 0.6 is 0 Å². The number of morpholine rings is 1. The van der Waals surface area contributed by atoms with Gasteiger partial charge in [0.1, 0.15) is 18.5 Å². The fraction of sp³-hybridized carbons (Fsp3) is 0.458. The first-order chi connectivity index (χ1) is 16.4. The minimum absolute atomic E-state index is 0.0537. The van der Waals surface area contributed by atoms with Crippen LogP contribution in [-0.2, 0) is 14.9 Å². The number of ether oxygens (including phenoxy) is 2. The second kappa shape index (κ2) is 11.4. The van der Waals surface area contributed by atoms with E-state index in [1.807, 2.05) is 23.1 Å². The number of β-amino-alcohol motifs (C(OH)–C–C–N with tert-alkyl or cyclic N) is 1. The van der Waals surface area contributed by atoms with E-state index in [-0.39, 0.29) is 12.4 Å². The maximum absolute atomic E-state index is 12.8. The van der Waals surface area contributed by atoms with Crippen LogP contribution in [0.15, 0.2) is 54.6 Å². The van der Waals surface area contributed by atoms with Crippen molar-refractivity contribution < 1.29 is 27.8 Å². The zero-order valence-corrected chi connectivity index (χ0v) is 19.9. The summed E-state index contributed by atoms with van der Waals surface area (Å²) in [4.78, 5) is 14.5. The molecule has 0 amide bonds. The smallest absolute Gasteiger partial charge is 0.282 e. The molecular weight excluding hydrogens is 458 g/mol. The molecule has 1 N–H and O–H groups in total. The molecule has 2 saturated heterocycles. The number of ketones is 1. The molecule has 2 aromatic rings. The first kappa shape index (κ1) is 24.8. The maximum atomic E-state index is 12.8. The average molecular weight is 490 g/mol. The van der Waals surface area contributed by atoms with Gasteiger partial charge < -0.3 is 14.6 Å². The summed E-state index contributed by atoms with van der Waals surface area (Å²) in [6.45, 7) is 4.03. The molecule has 2 aromatic carbocycles. The number of hydrogen-bond donors (Lipinski definition) is 1. The molecule has 2 fully saturated rings. The standard InChI is InChI=1S/C24H31N3O6S/c28-22(18-25-10-12-26(13-11-25)34(30,31)27-14-16-32-17-15-27)19-33-23-8-6-21(7-9-23)24(29)20-4-2-1-3-5-20/h1-9,22,28H,10-19H2/t22-/m0/s1. The lowest BCUT2D eigenvalue weighted by Gasteiger charge is -2.38. The highest BCUT2D eigenvalue weighted by atomic mass is 32.2. The molecule has 0 unspecified atom stereocenters. The molecule has 0 bridgehead atoms. The van der Waals surface area contributed by atoms with Crippen molar-refractivity contribution in [1.29, 1.82) is 0 Å². The molecule has 0 aliphatic carbocycles. The number of hydrogen-bond acceptors (Lipinski definition) is 7. The quantitative estimate of drug-likeness (QED) is 0.522. The van der Waals surface area contributed by atoms with Gasteiger partial charge in [-0.25, -0.2) is 0 Å². The van der Waals surface area contributed by atoms with Gasteiger partial charge in [0.25, 0.3) is 10.2 Å². The third-order valence-corrected chi connectivity index (χ3v) is 8.05. The molecule has 0 spiro atoms. The summed E-state index contributed by atoms with van der Waals surface area (Å²) >= 11 is 0. The SMILES string of the molecule is O=C(c1ccccc1)c1ccc(OC[C@@H](O)CN2CCN(S(=O)(=O)N3CCOCC3)CC2)cc1. The third kappa shape index (κ3) is 6.21. The minimum atomic E-state index is -3.46. The van der Waals surface area contributed by atoms with E-state index in [4.69, 9.17) is 9.47 Å². The van der Waals surface area contributed by atoms with E-state index in [0.717, 1.165) is 0 Å². The number of aliphatic hydroxyl groups excluding tert-OH is 1. The number of carbonyl (C=O) groups is 1. The van der Waals surface area contributed by atoms with Crippen LogP contribution in [0.3, 0.4) is 0 Å². The Morgan fingerprint density at radius 3 is 2.12 bits per heavy atom. The van der Waals surface area contributed by atoms with Gasteiger partial charge in [0.2, 0.25) is 0 Å². The van der Waals surface area contributed by atoms with Gasteiger partial charge in [-0.3, -0.25) is 9.69 Å². The van der Waals surface area contributed by atoms with Crippen LogP contribution in [-0.4, -0.2) is 105 Å². The van der Waals surface area contributed by atoms with Gasteiger partial charge in [-0.15, -0.1) is 0 Å². The summed E-state index contributed by atoms with van der Waals surface area (Å²) in [7, 11) is -3.46. The van der Waals surface area contributed by atoms with E-state index in [1.165, 1.54) is 8.61 Å². The zero-order valence-electron chi connectivity index (χ0n) is 19.1. The number of benzene rings is 2. The van der Waals surface area contributed by atoms with Crippen LogP contribution in [0, 0.1) is 0 Å². The molecule has 9 nitrogen and oxygen atoms in total. The second-order valence-electron chi connectivity index (χ2n) is 8.40. The topological polar surface area (TPSA) is 99.6 Å². The molecule has 2 aliphatic heterocycles. The predicted octanol–water partition coefficient (Wildman–Crippen LogP) is 0.852. The first-order valence-corrected chi connectivity index (χ1v) is 12.9. The highest BCUT2D eigenvalue weighted by Crippen LogP contribution is 2.17. The van der Waals surface area contributed by atoms with Crippen LogP contribution in [0.25, 0.3) is 0 Å². The van der Waals surface area contributed by atoms with E-state index >= 15 is 0 Å². The fourth-order valence-corrected chi connectivity index (χ4v) is 5.65. The Balaban J connectivity index is 1.20. The molecule has 2 aliphatic rings. The van der Waals surface area contributed by atoms with Crippen molar-refractivity contribution in [1.82, 2.24) is 13.5 Å². The zero-order chi connectivity index (χ0) is 24.0. The molecule has 10 heteroatoms. The van der Waals surface area contributed by atoms with Gasteiger partial charge in [-0.05, 0) is 24.3 Å². The second-order valence-corrected chi connectivity index (χ2v) is 10.3. The van der Waals surface area contributed by atoms with Gasteiger partial charge in [0, 0.05) is 56.9 Å². The third-order valence-electron chi connectivity index (χ3n) is 6.02. The molecule has 2 heterocycles.